The number of rotatable bonds is 3. The highest BCUT2D eigenvalue weighted by atomic mass is 16.5. The molecule has 26 heavy (non-hydrogen) atoms. The van der Waals surface area contributed by atoms with Gasteiger partial charge in [-0.1, -0.05) is 0 Å². The van der Waals surface area contributed by atoms with Crippen molar-refractivity contribution in [1.82, 2.24) is 15.0 Å². The number of fused-ring (bicyclic) bond motifs is 1. The molecule has 8 heteroatoms. The smallest absolute Gasteiger partial charge is 0.262 e. The number of nitrogens with one attached hydrogen (secondary N) is 1. The molecule has 4 rings (SSSR count). The van der Waals surface area contributed by atoms with Gasteiger partial charge in [0.2, 0.25) is 5.78 Å². The monoisotopic (exact) mass is 347 g/mol. The zero-order chi connectivity index (χ0) is 18.1. The molecule has 1 aromatic carbocycles. The van der Waals surface area contributed by atoms with Crippen LogP contribution in [0.3, 0.4) is 0 Å². The second-order valence-corrected chi connectivity index (χ2v) is 5.61. The lowest BCUT2D eigenvalue weighted by molar-refractivity contribution is -0.118. The topological polar surface area (TPSA) is 120 Å². The van der Waals surface area contributed by atoms with Crippen LogP contribution in [-0.2, 0) is 4.79 Å². The van der Waals surface area contributed by atoms with Gasteiger partial charge in [0, 0.05) is 23.5 Å². The summed E-state index contributed by atoms with van der Waals surface area (Å²) in [5.74, 6) is 0.0191. The summed E-state index contributed by atoms with van der Waals surface area (Å²) in [7, 11) is 0. The highest BCUT2D eigenvalue weighted by Crippen LogP contribution is 2.32. The molecule has 0 atom stereocenters. The fourth-order valence-corrected chi connectivity index (χ4v) is 2.58. The van der Waals surface area contributed by atoms with Gasteiger partial charge >= 0.3 is 0 Å². The predicted molar refractivity (Wildman–Crippen MR) is 93.7 cm³/mol. The highest BCUT2D eigenvalue weighted by Gasteiger charge is 2.19. The SMILES string of the molecule is Nc1ncc(-c2ccc3c(c2)NC(=O)CO3)nc1C(=O)c1cccnc1. The van der Waals surface area contributed by atoms with Crippen molar-refractivity contribution in [3.63, 3.8) is 0 Å². The molecule has 8 nitrogen and oxygen atoms in total. The maximum atomic E-state index is 12.6. The third kappa shape index (κ3) is 2.84. The first-order chi connectivity index (χ1) is 12.6. The molecular formula is C18H13N5O3. The first-order valence-corrected chi connectivity index (χ1v) is 7.76. The Hall–Kier alpha value is -3.81. The third-order valence-electron chi connectivity index (χ3n) is 3.85. The van der Waals surface area contributed by atoms with E-state index >= 15 is 0 Å². The van der Waals surface area contributed by atoms with Crippen LogP contribution in [0.25, 0.3) is 11.3 Å². The van der Waals surface area contributed by atoms with Gasteiger partial charge in [-0.15, -0.1) is 0 Å². The number of benzene rings is 1. The number of hydrogen-bond donors (Lipinski definition) is 2. The summed E-state index contributed by atoms with van der Waals surface area (Å²) < 4.78 is 5.34. The van der Waals surface area contributed by atoms with E-state index in [1.807, 2.05) is 0 Å². The number of nitrogen functional groups attached to an aromatic ring is 1. The number of carbonyl (C=O) groups is 2. The van der Waals surface area contributed by atoms with E-state index in [0.717, 1.165) is 0 Å². The zero-order valence-corrected chi connectivity index (χ0v) is 13.5. The molecular weight excluding hydrogens is 334 g/mol. The van der Waals surface area contributed by atoms with Crippen molar-refractivity contribution in [3.05, 3.63) is 60.2 Å². The summed E-state index contributed by atoms with van der Waals surface area (Å²) in [4.78, 5) is 36.5. The Kier molecular flexibility index (Phi) is 3.77. The lowest BCUT2D eigenvalue weighted by atomic mass is 10.1. The van der Waals surface area contributed by atoms with Gasteiger partial charge in [-0.3, -0.25) is 14.6 Å². The lowest BCUT2D eigenvalue weighted by Crippen LogP contribution is -2.25. The fourth-order valence-electron chi connectivity index (χ4n) is 2.58. The first kappa shape index (κ1) is 15.7. The molecule has 0 unspecified atom stereocenters. The third-order valence-corrected chi connectivity index (χ3v) is 3.85. The zero-order valence-electron chi connectivity index (χ0n) is 13.5. The fraction of sp³-hybridized carbons (Fsp3) is 0.0556. The van der Waals surface area contributed by atoms with E-state index in [0.29, 0.717) is 28.3 Å². The summed E-state index contributed by atoms with van der Waals surface area (Å²) >= 11 is 0. The van der Waals surface area contributed by atoms with Crippen LogP contribution in [0.4, 0.5) is 11.5 Å². The van der Waals surface area contributed by atoms with E-state index in [1.54, 1.807) is 36.5 Å². The number of hydrogen-bond acceptors (Lipinski definition) is 7. The molecule has 3 N–H and O–H groups in total. The van der Waals surface area contributed by atoms with Crippen LogP contribution in [0.15, 0.2) is 48.9 Å². The number of amides is 1. The summed E-state index contributed by atoms with van der Waals surface area (Å²) in [5.41, 5.74) is 7.93. The average Bonchev–Trinajstić information content (AvgIpc) is 2.68. The maximum absolute atomic E-state index is 12.6. The minimum atomic E-state index is -0.362. The van der Waals surface area contributed by atoms with E-state index < -0.39 is 0 Å². The van der Waals surface area contributed by atoms with E-state index in [9.17, 15) is 9.59 Å². The van der Waals surface area contributed by atoms with E-state index in [-0.39, 0.29) is 29.8 Å². The van der Waals surface area contributed by atoms with Crippen molar-refractivity contribution < 1.29 is 14.3 Å². The second-order valence-electron chi connectivity index (χ2n) is 5.61. The summed E-state index contributed by atoms with van der Waals surface area (Å²) in [6, 6.07) is 8.51. The van der Waals surface area contributed by atoms with Gasteiger partial charge in [-0.05, 0) is 30.3 Å². The summed E-state index contributed by atoms with van der Waals surface area (Å²) in [6.45, 7) is -0.0161. The predicted octanol–water partition coefficient (Wildman–Crippen LogP) is 1.68. The molecule has 2 aromatic heterocycles. The maximum Gasteiger partial charge on any atom is 0.262 e. The molecule has 0 radical (unpaired) electrons. The van der Waals surface area contributed by atoms with Crippen LogP contribution in [-0.4, -0.2) is 33.2 Å². The molecule has 0 fully saturated rings. The molecule has 3 heterocycles. The highest BCUT2D eigenvalue weighted by molar-refractivity contribution is 6.10. The van der Waals surface area contributed by atoms with Gasteiger partial charge in [0.1, 0.15) is 5.75 Å². The van der Waals surface area contributed by atoms with Gasteiger partial charge < -0.3 is 15.8 Å². The number of nitrogens with zero attached hydrogens (tertiary/aromatic N) is 3. The number of pyridine rings is 1. The van der Waals surface area contributed by atoms with Gasteiger partial charge in [-0.25, -0.2) is 9.97 Å². The Labute approximate surface area is 148 Å². The Bertz CT molecular complexity index is 1020. The summed E-state index contributed by atoms with van der Waals surface area (Å²) in [5, 5.41) is 2.73. The van der Waals surface area contributed by atoms with Crippen LogP contribution in [0.5, 0.6) is 5.75 Å². The minimum absolute atomic E-state index is 0.0161. The normalized spacial score (nSPS) is 12.7. The van der Waals surface area contributed by atoms with Gasteiger partial charge in [-0.2, -0.15) is 0 Å². The van der Waals surface area contributed by atoms with Crippen molar-refractivity contribution in [2.75, 3.05) is 17.7 Å². The molecule has 0 saturated heterocycles. The molecule has 0 spiro atoms. The van der Waals surface area contributed by atoms with E-state index in [4.69, 9.17) is 10.5 Å². The Morgan fingerprint density at radius 1 is 1.23 bits per heavy atom. The van der Waals surface area contributed by atoms with Crippen LogP contribution in [0, 0.1) is 0 Å². The number of carbonyl (C=O) groups excluding carboxylic acids is 2. The van der Waals surface area contributed by atoms with Crippen LogP contribution in [0.1, 0.15) is 16.1 Å². The first-order valence-electron chi connectivity index (χ1n) is 7.76. The molecule has 0 bridgehead atoms. The standard InChI is InChI=1S/C18H13N5O3/c19-18-16(17(25)11-2-1-5-20-7-11)23-13(8-21-18)10-3-4-14-12(6-10)22-15(24)9-26-14/h1-8H,9H2,(H2,19,21)(H,22,24). The second kappa shape index (κ2) is 6.25. The van der Waals surface area contributed by atoms with Crippen LogP contribution in [0.2, 0.25) is 0 Å². The summed E-state index contributed by atoms with van der Waals surface area (Å²) in [6.07, 6.45) is 4.50. The molecule has 0 saturated carbocycles. The molecule has 1 amide bonds. The minimum Gasteiger partial charge on any atom is -0.482 e. The quantitative estimate of drug-likeness (QED) is 0.692. The average molecular weight is 347 g/mol. The van der Waals surface area contributed by atoms with Gasteiger partial charge in [0.05, 0.1) is 17.6 Å². The molecule has 3 aromatic rings. The molecule has 128 valence electrons. The van der Waals surface area contributed by atoms with Crippen molar-refractivity contribution in [2.45, 2.75) is 0 Å². The van der Waals surface area contributed by atoms with E-state index in [2.05, 4.69) is 20.3 Å². The van der Waals surface area contributed by atoms with E-state index in [1.165, 1.54) is 12.4 Å². The van der Waals surface area contributed by atoms with Crippen molar-refractivity contribution in [2.24, 2.45) is 0 Å². The van der Waals surface area contributed by atoms with Gasteiger partial charge in [0.25, 0.3) is 5.91 Å². The Morgan fingerprint density at radius 2 is 2.12 bits per heavy atom. The number of anilines is 2. The van der Waals surface area contributed by atoms with Crippen LogP contribution < -0.4 is 15.8 Å². The van der Waals surface area contributed by atoms with Crippen LogP contribution >= 0.6 is 0 Å². The molecule has 1 aliphatic heterocycles. The number of aromatic nitrogens is 3. The number of ketones is 1. The van der Waals surface area contributed by atoms with Gasteiger partial charge in [0.15, 0.2) is 18.1 Å². The molecule has 1 aliphatic rings. The van der Waals surface area contributed by atoms with Crippen molar-refractivity contribution in [3.8, 4) is 17.0 Å². The van der Waals surface area contributed by atoms with Crippen molar-refractivity contribution in [1.29, 1.82) is 0 Å². The number of nitrogens with two attached hydrogens (primary N) is 1. The largest absolute Gasteiger partial charge is 0.482 e. The Morgan fingerprint density at radius 3 is 2.92 bits per heavy atom. The van der Waals surface area contributed by atoms with Crippen molar-refractivity contribution >= 4 is 23.2 Å². The Balaban J connectivity index is 1.74. The lowest BCUT2D eigenvalue weighted by Gasteiger charge is -2.18. The number of ether oxygens (including phenoxy) is 1. The molecule has 0 aliphatic carbocycles.